The second-order valence-corrected chi connectivity index (χ2v) is 7.45. The van der Waals surface area contributed by atoms with E-state index in [4.69, 9.17) is 4.74 Å². The van der Waals surface area contributed by atoms with Gasteiger partial charge in [-0.25, -0.2) is 4.79 Å². The van der Waals surface area contributed by atoms with Crippen LogP contribution in [0.15, 0.2) is 54.6 Å². The number of amides is 1. The molecule has 0 saturated carbocycles. The van der Waals surface area contributed by atoms with Gasteiger partial charge in [0.2, 0.25) is 5.91 Å². The van der Waals surface area contributed by atoms with Gasteiger partial charge in [-0.3, -0.25) is 4.79 Å². The van der Waals surface area contributed by atoms with Crippen LogP contribution in [0, 0.1) is 0 Å². The van der Waals surface area contributed by atoms with Crippen LogP contribution in [-0.2, 0) is 20.7 Å². The summed E-state index contributed by atoms with van der Waals surface area (Å²) in [5, 5.41) is 11.9. The van der Waals surface area contributed by atoms with Gasteiger partial charge in [0.05, 0.1) is 12.0 Å². The van der Waals surface area contributed by atoms with E-state index in [9.17, 15) is 14.7 Å². The Bertz CT molecular complexity index is 748. The van der Waals surface area contributed by atoms with E-state index in [2.05, 4.69) is 5.32 Å². The number of hydrogen-bond acceptors (Lipinski definition) is 3. The highest BCUT2D eigenvalue weighted by atomic mass is 16.5. The van der Waals surface area contributed by atoms with Crippen LogP contribution in [0.1, 0.15) is 32.8 Å². The van der Waals surface area contributed by atoms with Crippen molar-refractivity contribution < 1.29 is 19.4 Å². The molecule has 27 heavy (non-hydrogen) atoms. The number of nitrogens with one attached hydrogen (secondary N) is 1. The molecule has 2 aromatic carbocycles. The molecule has 1 unspecified atom stereocenters. The molecule has 1 atom stereocenters. The van der Waals surface area contributed by atoms with E-state index in [-0.39, 0.29) is 31.0 Å². The summed E-state index contributed by atoms with van der Waals surface area (Å²) in [5.74, 6) is -1.37. The van der Waals surface area contributed by atoms with E-state index in [1.807, 2.05) is 75.4 Å². The van der Waals surface area contributed by atoms with Crippen LogP contribution in [0.3, 0.4) is 0 Å². The molecule has 0 saturated heterocycles. The van der Waals surface area contributed by atoms with Crippen molar-refractivity contribution in [1.29, 1.82) is 0 Å². The summed E-state index contributed by atoms with van der Waals surface area (Å²) in [6.45, 7) is 5.98. The van der Waals surface area contributed by atoms with Gasteiger partial charge in [0.1, 0.15) is 6.04 Å². The summed E-state index contributed by atoms with van der Waals surface area (Å²) >= 11 is 0. The van der Waals surface area contributed by atoms with Gasteiger partial charge in [0, 0.05) is 13.0 Å². The molecule has 0 spiro atoms. The van der Waals surface area contributed by atoms with Gasteiger partial charge in [0.15, 0.2) is 0 Å². The first-order valence-electron chi connectivity index (χ1n) is 9.05. The molecule has 0 aromatic heterocycles. The molecule has 5 heteroatoms. The monoisotopic (exact) mass is 369 g/mol. The van der Waals surface area contributed by atoms with Gasteiger partial charge in [-0.1, -0.05) is 54.6 Å². The van der Waals surface area contributed by atoms with E-state index >= 15 is 0 Å². The van der Waals surface area contributed by atoms with Crippen molar-refractivity contribution in [3.05, 3.63) is 60.2 Å². The molecule has 1 amide bonds. The molecule has 0 fully saturated rings. The Morgan fingerprint density at radius 1 is 1.00 bits per heavy atom. The van der Waals surface area contributed by atoms with Crippen LogP contribution < -0.4 is 5.32 Å². The number of ether oxygens (including phenoxy) is 1. The highest BCUT2D eigenvalue weighted by Gasteiger charge is 2.21. The fraction of sp³-hybridized carbons (Fsp3) is 0.364. The highest BCUT2D eigenvalue weighted by Crippen LogP contribution is 2.19. The average Bonchev–Trinajstić information content (AvgIpc) is 2.61. The lowest BCUT2D eigenvalue weighted by Crippen LogP contribution is -2.42. The molecule has 0 heterocycles. The summed E-state index contributed by atoms with van der Waals surface area (Å²) < 4.78 is 5.55. The van der Waals surface area contributed by atoms with Crippen molar-refractivity contribution in [3.63, 3.8) is 0 Å². The fourth-order valence-corrected chi connectivity index (χ4v) is 2.62. The van der Waals surface area contributed by atoms with Crippen LogP contribution in [0.2, 0.25) is 0 Å². The number of carboxylic acids is 1. The van der Waals surface area contributed by atoms with E-state index in [1.165, 1.54) is 0 Å². The normalized spacial score (nSPS) is 12.4. The SMILES string of the molecule is CC(C)(C)OCCC(NC(=O)Cc1ccc(-c2ccccc2)cc1)C(=O)O. The van der Waals surface area contributed by atoms with E-state index in [0.29, 0.717) is 0 Å². The molecule has 0 bridgehead atoms. The topological polar surface area (TPSA) is 75.6 Å². The Morgan fingerprint density at radius 3 is 2.15 bits per heavy atom. The first-order chi connectivity index (χ1) is 12.7. The van der Waals surface area contributed by atoms with E-state index < -0.39 is 12.0 Å². The van der Waals surface area contributed by atoms with E-state index in [1.54, 1.807) is 0 Å². The van der Waals surface area contributed by atoms with Gasteiger partial charge in [-0.05, 0) is 37.5 Å². The summed E-state index contributed by atoms with van der Waals surface area (Å²) in [4.78, 5) is 23.6. The van der Waals surface area contributed by atoms with Crippen molar-refractivity contribution in [2.45, 2.75) is 45.3 Å². The number of carbonyl (C=O) groups is 2. The predicted molar refractivity (Wildman–Crippen MR) is 105 cm³/mol. The third kappa shape index (κ3) is 7.23. The van der Waals surface area contributed by atoms with Crippen LogP contribution in [0.5, 0.6) is 0 Å². The highest BCUT2D eigenvalue weighted by molar-refractivity contribution is 5.85. The van der Waals surface area contributed by atoms with Crippen molar-refractivity contribution >= 4 is 11.9 Å². The second kappa shape index (κ2) is 9.33. The van der Waals surface area contributed by atoms with Crippen molar-refractivity contribution in [2.24, 2.45) is 0 Å². The van der Waals surface area contributed by atoms with Crippen LogP contribution in [0.25, 0.3) is 11.1 Å². The number of rotatable bonds is 8. The summed E-state index contributed by atoms with van der Waals surface area (Å²) in [6, 6.07) is 16.7. The lowest BCUT2D eigenvalue weighted by atomic mass is 10.0. The van der Waals surface area contributed by atoms with Crippen LogP contribution in [-0.4, -0.2) is 35.2 Å². The minimum atomic E-state index is -1.06. The zero-order valence-electron chi connectivity index (χ0n) is 16.1. The number of benzene rings is 2. The molecule has 0 aliphatic carbocycles. The molecule has 2 aromatic rings. The number of aliphatic carboxylic acids is 1. The maximum absolute atomic E-state index is 12.2. The number of carboxylic acid groups (broad SMARTS) is 1. The van der Waals surface area contributed by atoms with Gasteiger partial charge >= 0.3 is 5.97 Å². The standard InChI is InChI=1S/C22H27NO4/c1-22(2,3)27-14-13-19(21(25)26)23-20(24)15-16-9-11-18(12-10-16)17-7-5-4-6-8-17/h4-12,19H,13-15H2,1-3H3,(H,23,24)(H,25,26). The van der Waals surface area contributed by atoms with Gasteiger partial charge in [-0.2, -0.15) is 0 Å². The van der Waals surface area contributed by atoms with Gasteiger partial charge < -0.3 is 15.2 Å². The molecular weight excluding hydrogens is 342 g/mol. The summed E-state index contributed by atoms with van der Waals surface area (Å²) in [6.07, 6.45) is 0.365. The Kier molecular flexibility index (Phi) is 7.13. The molecule has 0 aliphatic heterocycles. The molecule has 0 radical (unpaired) electrons. The smallest absolute Gasteiger partial charge is 0.326 e. The van der Waals surface area contributed by atoms with E-state index in [0.717, 1.165) is 16.7 Å². The number of hydrogen-bond donors (Lipinski definition) is 2. The van der Waals surface area contributed by atoms with Gasteiger partial charge in [0.25, 0.3) is 0 Å². The molecule has 144 valence electrons. The van der Waals surface area contributed by atoms with Crippen LogP contribution >= 0.6 is 0 Å². The Morgan fingerprint density at radius 2 is 1.59 bits per heavy atom. The van der Waals surface area contributed by atoms with Crippen molar-refractivity contribution in [3.8, 4) is 11.1 Å². The first kappa shape index (κ1) is 20.6. The quantitative estimate of drug-likeness (QED) is 0.744. The average molecular weight is 369 g/mol. The second-order valence-electron chi connectivity index (χ2n) is 7.45. The van der Waals surface area contributed by atoms with Crippen molar-refractivity contribution in [2.75, 3.05) is 6.61 Å². The lowest BCUT2D eigenvalue weighted by molar-refractivity contribution is -0.142. The Labute approximate surface area is 160 Å². The lowest BCUT2D eigenvalue weighted by Gasteiger charge is -2.21. The zero-order chi connectivity index (χ0) is 19.9. The maximum Gasteiger partial charge on any atom is 0.326 e. The fourth-order valence-electron chi connectivity index (χ4n) is 2.62. The minimum absolute atomic E-state index is 0.138. The molecule has 2 N–H and O–H groups in total. The summed E-state index contributed by atoms with van der Waals surface area (Å²) in [7, 11) is 0. The molecular formula is C22H27NO4. The minimum Gasteiger partial charge on any atom is -0.480 e. The van der Waals surface area contributed by atoms with Crippen molar-refractivity contribution in [1.82, 2.24) is 5.32 Å². The Hall–Kier alpha value is -2.66. The molecule has 5 nitrogen and oxygen atoms in total. The maximum atomic E-state index is 12.2. The zero-order valence-corrected chi connectivity index (χ0v) is 16.1. The van der Waals surface area contributed by atoms with Crippen LogP contribution in [0.4, 0.5) is 0 Å². The Balaban J connectivity index is 1.90. The van der Waals surface area contributed by atoms with Gasteiger partial charge in [-0.15, -0.1) is 0 Å². The molecule has 0 aliphatic rings. The molecule has 2 rings (SSSR count). The number of carbonyl (C=O) groups excluding carboxylic acids is 1. The largest absolute Gasteiger partial charge is 0.480 e. The predicted octanol–water partition coefficient (Wildman–Crippen LogP) is 3.67. The first-order valence-corrected chi connectivity index (χ1v) is 9.05. The summed E-state index contributed by atoms with van der Waals surface area (Å²) in [5.41, 5.74) is 2.68. The third-order valence-corrected chi connectivity index (χ3v) is 4.00. The third-order valence-electron chi connectivity index (χ3n) is 4.00.